The Morgan fingerprint density at radius 2 is 1.75 bits per heavy atom. The lowest BCUT2D eigenvalue weighted by molar-refractivity contribution is 0.281. The second-order valence-electron chi connectivity index (χ2n) is 4.72. The van der Waals surface area contributed by atoms with Crippen molar-refractivity contribution in [2.75, 3.05) is 7.05 Å². The van der Waals surface area contributed by atoms with Gasteiger partial charge >= 0.3 is 0 Å². The van der Waals surface area contributed by atoms with Crippen LogP contribution in [0.1, 0.15) is 43.7 Å². The molecule has 1 N–H and O–H groups in total. The van der Waals surface area contributed by atoms with Crippen molar-refractivity contribution in [1.29, 1.82) is 0 Å². The maximum Gasteiger partial charge on any atom is 0.0346 e. The quantitative estimate of drug-likeness (QED) is 0.822. The molecule has 1 aliphatic rings. The van der Waals surface area contributed by atoms with Crippen LogP contribution in [0.2, 0.25) is 0 Å². The van der Waals surface area contributed by atoms with E-state index in [1.807, 2.05) is 0 Å². The largest absolute Gasteiger partial charge is 0.313 e. The third-order valence-corrected chi connectivity index (χ3v) is 4.38. The number of nitrogens with one attached hydrogen (secondary N) is 1. The summed E-state index contributed by atoms with van der Waals surface area (Å²) in [5.74, 6) is 0.832. The molecule has 0 aromatic heterocycles. The van der Waals surface area contributed by atoms with E-state index in [9.17, 15) is 0 Å². The fraction of sp³-hybridized carbons (Fsp3) is 0.571. The van der Waals surface area contributed by atoms with E-state index in [-0.39, 0.29) is 0 Å². The molecule has 1 aromatic rings. The molecular weight excluding hydrogens is 309 g/mol. The minimum Gasteiger partial charge on any atom is -0.313 e. The molecule has 1 nitrogen and oxygen atoms in total. The van der Waals surface area contributed by atoms with Gasteiger partial charge < -0.3 is 5.32 Å². The molecule has 1 aliphatic carbocycles. The third-order valence-electron chi connectivity index (χ3n) is 3.66. The zero-order chi connectivity index (χ0) is 11.4. The van der Waals surface area contributed by atoms with E-state index in [2.05, 4.69) is 59.2 Å². The zero-order valence-corrected chi connectivity index (χ0v) is 12.0. The summed E-state index contributed by atoms with van der Waals surface area (Å²) in [7, 11) is 2.09. The predicted molar refractivity (Wildman–Crippen MR) is 77.5 cm³/mol. The summed E-state index contributed by atoms with van der Waals surface area (Å²) in [5, 5.41) is 3.51. The fourth-order valence-electron chi connectivity index (χ4n) is 2.81. The van der Waals surface area contributed by atoms with Crippen LogP contribution in [-0.4, -0.2) is 7.05 Å². The maximum absolute atomic E-state index is 3.51. The Morgan fingerprint density at radius 3 is 2.31 bits per heavy atom. The lowest BCUT2D eigenvalue weighted by Crippen LogP contribution is -2.26. The lowest BCUT2D eigenvalue weighted by Gasteiger charge is -2.30. The number of hydrogen-bond acceptors (Lipinski definition) is 1. The molecule has 88 valence electrons. The molecule has 1 fully saturated rings. The van der Waals surface area contributed by atoms with Gasteiger partial charge in [0.05, 0.1) is 0 Å². The normalized spacial score (nSPS) is 19.6. The summed E-state index contributed by atoms with van der Waals surface area (Å²) >= 11 is 2.37. The summed E-state index contributed by atoms with van der Waals surface area (Å²) in [6, 6.07) is 9.53. The average molecular weight is 329 g/mol. The summed E-state index contributed by atoms with van der Waals surface area (Å²) < 4.78 is 1.32. The molecule has 1 saturated carbocycles. The Morgan fingerprint density at radius 1 is 1.12 bits per heavy atom. The maximum atomic E-state index is 3.51. The van der Waals surface area contributed by atoms with E-state index in [0.717, 1.165) is 5.92 Å². The third kappa shape index (κ3) is 2.98. The highest BCUT2D eigenvalue weighted by molar-refractivity contribution is 14.1. The number of hydrogen-bond donors (Lipinski definition) is 1. The molecule has 0 saturated heterocycles. The van der Waals surface area contributed by atoms with Crippen LogP contribution in [0.3, 0.4) is 0 Å². The van der Waals surface area contributed by atoms with Crippen LogP contribution < -0.4 is 5.32 Å². The first kappa shape index (κ1) is 12.4. The predicted octanol–water partition coefficient (Wildman–Crippen LogP) is 4.13. The van der Waals surface area contributed by atoms with E-state index in [0.29, 0.717) is 6.04 Å². The molecule has 2 heteroatoms. The van der Waals surface area contributed by atoms with Crippen LogP contribution in [0, 0.1) is 9.49 Å². The van der Waals surface area contributed by atoms with Gasteiger partial charge in [-0.2, -0.15) is 0 Å². The van der Waals surface area contributed by atoms with Crippen molar-refractivity contribution in [3.63, 3.8) is 0 Å². The van der Waals surface area contributed by atoms with Gasteiger partial charge in [0.15, 0.2) is 0 Å². The Bertz CT molecular complexity index is 314. The first-order valence-electron chi connectivity index (χ1n) is 6.24. The smallest absolute Gasteiger partial charge is 0.0346 e. The van der Waals surface area contributed by atoms with E-state index in [1.54, 1.807) is 0 Å². The van der Waals surface area contributed by atoms with Crippen LogP contribution in [0.25, 0.3) is 0 Å². The number of rotatable bonds is 3. The van der Waals surface area contributed by atoms with Gasteiger partial charge in [0.25, 0.3) is 0 Å². The summed E-state index contributed by atoms with van der Waals surface area (Å²) in [4.78, 5) is 0. The lowest BCUT2D eigenvalue weighted by atomic mass is 9.81. The molecular formula is C14H20IN. The molecule has 2 rings (SSSR count). The molecule has 0 amide bonds. The van der Waals surface area contributed by atoms with Crippen LogP contribution >= 0.6 is 22.6 Å². The summed E-state index contributed by atoms with van der Waals surface area (Å²) in [6.07, 6.45) is 7.02. The molecule has 16 heavy (non-hydrogen) atoms. The topological polar surface area (TPSA) is 12.0 Å². The average Bonchev–Trinajstić information content (AvgIpc) is 2.34. The van der Waals surface area contributed by atoms with Gasteiger partial charge in [-0.15, -0.1) is 0 Å². The summed E-state index contributed by atoms with van der Waals surface area (Å²) in [6.45, 7) is 0. The van der Waals surface area contributed by atoms with Crippen molar-refractivity contribution in [2.45, 2.75) is 38.1 Å². The molecule has 1 aromatic carbocycles. The van der Waals surface area contributed by atoms with Gasteiger partial charge in [-0.05, 0) is 66.1 Å². The highest BCUT2D eigenvalue weighted by Crippen LogP contribution is 2.34. The van der Waals surface area contributed by atoms with E-state index < -0.39 is 0 Å². The molecule has 0 radical (unpaired) electrons. The zero-order valence-electron chi connectivity index (χ0n) is 9.88. The van der Waals surface area contributed by atoms with Crippen LogP contribution in [0.5, 0.6) is 0 Å². The van der Waals surface area contributed by atoms with Crippen molar-refractivity contribution in [3.8, 4) is 0 Å². The molecule has 0 spiro atoms. The second kappa shape index (κ2) is 6.01. The van der Waals surface area contributed by atoms with E-state index >= 15 is 0 Å². The van der Waals surface area contributed by atoms with E-state index in [1.165, 1.54) is 41.2 Å². The second-order valence-corrected chi connectivity index (χ2v) is 5.96. The van der Waals surface area contributed by atoms with Gasteiger partial charge in [-0.3, -0.25) is 0 Å². The molecule has 0 bridgehead atoms. The van der Waals surface area contributed by atoms with Gasteiger partial charge in [0.2, 0.25) is 0 Å². The molecule has 0 heterocycles. The van der Waals surface area contributed by atoms with Gasteiger partial charge in [0, 0.05) is 9.61 Å². The SMILES string of the molecule is CNC(c1ccc(I)cc1)C1CCCCC1. The van der Waals surface area contributed by atoms with Crippen molar-refractivity contribution in [2.24, 2.45) is 5.92 Å². The van der Waals surface area contributed by atoms with Crippen molar-refractivity contribution < 1.29 is 0 Å². The highest BCUT2D eigenvalue weighted by atomic mass is 127. The van der Waals surface area contributed by atoms with Crippen molar-refractivity contribution in [1.82, 2.24) is 5.32 Å². The van der Waals surface area contributed by atoms with Crippen LogP contribution in [0.4, 0.5) is 0 Å². The van der Waals surface area contributed by atoms with Crippen LogP contribution in [-0.2, 0) is 0 Å². The molecule has 1 unspecified atom stereocenters. The highest BCUT2D eigenvalue weighted by Gasteiger charge is 2.23. The minimum atomic E-state index is 0.553. The van der Waals surface area contributed by atoms with Crippen molar-refractivity contribution >= 4 is 22.6 Å². The van der Waals surface area contributed by atoms with Crippen molar-refractivity contribution in [3.05, 3.63) is 33.4 Å². The summed E-state index contributed by atoms with van der Waals surface area (Å²) in [5.41, 5.74) is 1.45. The Labute approximate surface area is 112 Å². The minimum absolute atomic E-state index is 0.553. The number of halogens is 1. The Balaban J connectivity index is 2.11. The van der Waals surface area contributed by atoms with Crippen LogP contribution in [0.15, 0.2) is 24.3 Å². The monoisotopic (exact) mass is 329 g/mol. The number of benzene rings is 1. The molecule has 1 atom stereocenters. The van der Waals surface area contributed by atoms with Gasteiger partial charge in [0.1, 0.15) is 0 Å². The van der Waals surface area contributed by atoms with Gasteiger partial charge in [-0.1, -0.05) is 31.4 Å². The molecule has 0 aliphatic heterocycles. The first-order valence-corrected chi connectivity index (χ1v) is 7.32. The van der Waals surface area contributed by atoms with Gasteiger partial charge in [-0.25, -0.2) is 0 Å². The Hall–Kier alpha value is -0.0900. The van der Waals surface area contributed by atoms with E-state index in [4.69, 9.17) is 0 Å². The first-order chi connectivity index (χ1) is 7.81. The Kier molecular flexibility index (Phi) is 4.65. The standard InChI is InChI=1S/C14H20IN/c1-16-14(11-5-3-2-4-6-11)12-7-9-13(15)10-8-12/h7-11,14,16H,2-6H2,1H3. The fourth-order valence-corrected chi connectivity index (χ4v) is 3.17.